The fraction of sp³-hybridized carbons (Fsp3) is 0.125. The van der Waals surface area contributed by atoms with Crippen molar-refractivity contribution in [2.45, 2.75) is 0 Å². The zero-order chi connectivity index (χ0) is 15.5. The monoisotopic (exact) mass is 360 g/mol. The van der Waals surface area contributed by atoms with E-state index in [1.54, 1.807) is 26.4 Å². The summed E-state index contributed by atoms with van der Waals surface area (Å²) in [5.74, 6) is 2.21. The van der Waals surface area contributed by atoms with Crippen LogP contribution in [0.25, 0.3) is 22.8 Å². The van der Waals surface area contributed by atoms with E-state index in [2.05, 4.69) is 26.1 Å². The summed E-state index contributed by atoms with van der Waals surface area (Å²) in [4.78, 5) is 4.44. The summed E-state index contributed by atoms with van der Waals surface area (Å²) in [6, 6.07) is 13.2. The van der Waals surface area contributed by atoms with Crippen LogP contribution in [0.3, 0.4) is 0 Å². The summed E-state index contributed by atoms with van der Waals surface area (Å²) < 4.78 is 16.8. The molecule has 0 unspecified atom stereocenters. The number of halogens is 1. The van der Waals surface area contributed by atoms with Crippen LogP contribution < -0.4 is 9.47 Å². The molecule has 2 aromatic carbocycles. The SMILES string of the molecule is COc1ccc(-c2nc(-c3ccccc3Br)no2)cc1OC. The van der Waals surface area contributed by atoms with Crippen LogP contribution in [0.1, 0.15) is 0 Å². The van der Waals surface area contributed by atoms with Crippen LogP contribution in [0.15, 0.2) is 51.5 Å². The van der Waals surface area contributed by atoms with Gasteiger partial charge in [0.05, 0.1) is 14.2 Å². The first-order valence-electron chi connectivity index (χ1n) is 6.54. The lowest BCUT2D eigenvalue weighted by Gasteiger charge is -2.07. The zero-order valence-electron chi connectivity index (χ0n) is 12.0. The number of ether oxygens (including phenoxy) is 2. The quantitative estimate of drug-likeness (QED) is 0.698. The van der Waals surface area contributed by atoms with E-state index in [9.17, 15) is 0 Å². The standard InChI is InChI=1S/C16H13BrN2O3/c1-20-13-8-7-10(9-14(13)21-2)16-18-15(19-22-16)11-5-3-4-6-12(11)17/h3-9H,1-2H3. The van der Waals surface area contributed by atoms with Gasteiger partial charge in [-0.25, -0.2) is 0 Å². The first-order valence-corrected chi connectivity index (χ1v) is 7.33. The summed E-state index contributed by atoms with van der Waals surface area (Å²) in [6.45, 7) is 0. The van der Waals surface area contributed by atoms with Crippen molar-refractivity contribution in [1.29, 1.82) is 0 Å². The molecular formula is C16H13BrN2O3. The second-order valence-corrected chi connectivity index (χ2v) is 5.33. The summed E-state index contributed by atoms with van der Waals surface area (Å²) in [5.41, 5.74) is 1.64. The van der Waals surface area contributed by atoms with Gasteiger partial charge in [-0.2, -0.15) is 4.98 Å². The van der Waals surface area contributed by atoms with Gasteiger partial charge in [0.1, 0.15) is 0 Å². The van der Waals surface area contributed by atoms with E-state index in [4.69, 9.17) is 14.0 Å². The molecule has 0 aliphatic rings. The van der Waals surface area contributed by atoms with Gasteiger partial charge in [-0.3, -0.25) is 0 Å². The number of hydrogen-bond donors (Lipinski definition) is 0. The van der Waals surface area contributed by atoms with Gasteiger partial charge in [-0.1, -0.05) is 33.2 Å². The van der Waals surface area contributed by atoms with Gasteiger partial charge in [0.15, 0.2) is 11.5 Å². The van der Waals surface area contributed by atoms with Gasteiger partial charge < -0.3 is 14.0 Å². The Labute approximate surface area is 136 Å². The van der Waals surface area contributed by atoms with Crippen LogP contribution in [0.4, 0.5) is 0 Å². The lowest BCUT2D eigenvalue weighted by atomic mass is 10.2. The van der Waals surface area contributed by atoms with Gasteiger partial charge in [0, 0.05) is 15.6 Å². The van der Waals surface area contributed by atoms with Crippen molar-refractivity contribution in [2.75, 3.05) is 14.2 Å². The van der Waals surface area contributed by atoms with Crippen molar-refractivity contribution in [2.24, 2.45) is 0 Å². The van der Waals surface area contributed by atoms with E-state index in [0.29, 0.717) is 23.2 Å². The van der Waals surface area contributed by atoms with Gasteiger partial charge in [0.25, 0.3) is 5.89 Å². The van der Waals surface area contributed by atoms with Gasteiger partial charge in [-0.05, 0) is 30.3 Å². The number of nitrogens with zero attached hydrogens (tertiary/aromatic N) is 2. The van der Waals surface area contributed by atoms with E-state index in [1.807, 2.05) is 30.3 Å². The van der Waals surface area contributed by atoms with Gasteiger partial charge >= 0.3 is 0 Å². The third-order valence-corrected chi connectivity index (χ3v) is 3.86. The van der Waals surface area contributed by atoms with Gasteiger partial charge in [0.2, 0.25) is 5.82 Å². The average Bonchev–Trinajstić information content (AvgIpc) is 3.04. The van der Waals surface area contributed by atoms with Crippen LogP contribution in [0.5, 0.6) is 11.5 Å². The highest BCUT2D eigenvalue weighted by molar-refractivity contribution is 9.10. The highest BCUT2D eigenvalue weighted by atomic mass is 79.9. The molecule has 1 aromatic heterocycles. The highest BCUT2D eigenvalue weighted by Crippen LogP contribution is 2.33. The summed E-state index contributed by atoms with van der Waals surface area (Å²) in [7, 11) is 3.18. The number of aromatic nitrogens is 2. The molecule has 0 radical (unpaired) electrons. The van der Waals surface area contributed by atoms with E-state index >= 15 is 0 Å². The first-order chi connectivity index (χ1) is 10.7. The van der Waals surface area contributed by atoms with Crippen LogP contribution in [-0.2, 0) is 0 Å². The number of methoxy groups -OCH3 is 2. The molecule has 112 valence electrons. The smallest absolute Gasteiger partial charge is 0.258 e. The van der Waals surface area contributed by atoms with Crippen LogP contribution in [0, 0.1) is 0 Å². The Balaban J connectivity index is 1.99. The Morgan fingerprint density at radius 3 is 2.50 bits per heavy atom. The predicted octanol–water partition coefficient (Wildman–Crippen LogP) is 4.18. The molecule has 3 aromatic rings. The van der Waals surface area contributed by atoms with Crippen LogP contribution >= 0.6 is 15.9 Å². The zero-order valence-corrected chi connectivity index (χ0v) is 13.6. The highest BCUT2D eigenvalue weighted by Gasteiger charge is 2.14. The summed E-state index contributed by atoms with van der Waals surface area (Å²) >= 11 is 3.48. The van der Waals surface area contributed by atoms with Crippen molar-refractivity contribution in [1.82, 2.24) is 10.1 Å². The Hall–Kier alpha value is -2.34. The fourth-order valence-electron chi connectivity index (χ4n) is 2.06. The number of rotatable bonds is 4. The molecule has 1 heterocycles. The molecule has 0 amide bonds. The van der Waals surface area contributed by atoms with Gasteiger partial charge in [-0.15, -0.1) is 0 Å². The normalized spacial score (nSPS) is 10.5. The largest absolute Gasteiger partial charge is 0.493 e. The molecule has 0 saturated heterocycles. The molecular weight excluding hydrogens is 348 g/mol. The molecule has 0 saturated carbocycles. The lowest BCUT2D eigenvalue weighted by Crippen LogP contribution is -1.91. The summed E-state index contributed by atoms with van der Waals surface area (Å²) in [5, 5.41) is 4.03. The Morgan fingerprint density at radius 2 is 1.77 bits per heavy atom. The van der Waals surface area contributed by atoms with Crippen molar-refractivity contribution >= 4 is 15.9 Å². The molecule has 0 bridgehead atoms. The third kappa shape index (κ3) is 2.69. The van der Waals surface area contributed by atoms with Crippen LogP contribution in [-0.4, -0.2) is 24.4 Å². The van der Waals surface area contributed by atoms with E-state index < -0.39 is 0 Å². The van der Waals surface area contributed by atoms with Crippen molar-refractivity contribution < 1.29 is 14.0 Å². The molecule has 0 atom stereocenters. The molecule has 22 heavy (non-hydrogen) atoms. The molecule has 0 fully saturated rings. The minimum absolute atomic E-state index is 0.423. The molecule has 3 rings (SSSR count). The first kappa shape index (κ1) is 14.6. The Kier molecular flexibility index (Phi) is 4.11. The molecule has 0 N–H and O–H groups in total. The molecule has 5 nitrogen and oxygen atoms in total. The van der Waals surface area contributed by atoms with E-state index in [0.717, 1.165) is 15.6 Å². The predicted molar refractivity (Wildman–Crippen MR) is 86.0 cm³/mol. The number of hydrogen-bond acceptors (Lipinski definition) is 5. The Morgan fingerprint density at radius 1 is 1.00 bits per heavy atom. The summed E-state index contributed by atoms with van der Waals surface area (Å²) in [6.07, 6.45) is 0. The maximum atomic E-state index is 5.35. The maximum absolute atomic E-state index is 5.35. The van der Waals surface area contributed by atoms with E-state index in [1.165, 1.54) is 0 Å². The van der Waals surface area contributed by atoms with E-state index in [-0.39, 0.29) is 0 Å². The Bertz CT molecular complexity index is 802. The second kappa shape index (κ2) is 6.19. The number of benzene rings is 2. The van der Waals surface area contributed by atoms with Crippen molar-refractivity contribution in [3.8, 4) is 34.3 Å². The minimum Gasteiger partial charge on any atom is -0.493 e. The third-order valence-electron chi connectivity index (χ3n) is 3.17. The van der Waals surface area contributed by atoms with Crippen molar-refractivity contribution in [3.63, 3.8) is 0 Å². The molecule has 0 aliphatic heterocycles. The average molecular weight is 361 g/mol. The van der Waals surface area contributed by atoms with Crippen LogP contribution in [0.2, 0.25) is 0 Å². The fourth-order valence-corrected chi connectivity index (χ4v) is 2.52. The lowest BCUT2D eigenvalue weighted by molar-refractivity contribution is 0.355. The van der Waals surface area contributed by atoms with Crippen molar-refractivity contribution in [3.05, 3.63) is 46.9 Å². The molecule has 0 spiro atoms. The topological polar surface area (TPSA) is 57.4 Å². The molecule has 0 aliphatic carbocycles. The molecule has 6 heteroatoms. The minimum atomic E-state index is 0.423. The maximum Gasteiger partial charge on any atom is 0.258 e. The second-order valence-electron chi connectivity index (χ2n) is 4.47.